The van der Waals surface area contributed by atoms with Crippen LogP contribution in [0.3, 0.4) is 0 Å². The van der Waals surface area contributed by atoms with E-state index in [1.165, 1.54) is 16.7 Å². The van der Waals surface area contributed by atoms with Crippen LogP contribution in [-0.4, -0.2) is 50.7 Å². The maximum Gasteiger partial charge on any atom is 0.346 e. The van der Waals surface area contributed by atoms with Crippen LogP contribution in [0.1, 0.15) is 36.3 Å². The third-order valence-corrected chi connectivity index (χ3v) is 3.87. The van der Waals surface area contributed by atoms with E-state index in [2.05, 4.69) is 9.97 Å². The Balaban J connectivity index is 3.32. The molecule has 0 fully saturated rings. The van der Waals surface area contributed by atoms with Gasteiger partial charge in [0, 0.05) is 11.7 Å². The van der Waals surface area contributed by atoms with E-state index in [9.17, 15) is 14.4 Å². The number of nitrogens with one attached hydrogen (secondary N) is 1. The third-order valence-electron chi connectivity index (χ3n) is 3.18. The topological polar surface area (TPSA) is 103 Å². The summed E-state index contributed by atoms with van der Waals surface area (Å²) in [7, 11) is 0. The van der Waals surface area contributed by atoms with Crippen molar-refractivity contribution in [2.45, 2.75) is 38.3 Å². The number of hydrogen-bond donors (Lipinski definition) is 2. The lowest BCUT2D eigenvalue weighted by molar-refractivity contribution is -0.138. The molecule has 116 valence electrons. The number of amides is 1. The number of aromatic nitrogens is 2. The summed E-state index contributed by atoms with van der Waals surface area (Å²) in [5.41, 5.74) is 0.119. The van der Waals surface area contributed by atoms with Gasteiger partial charge in [-0.3, -0.25) is 9.59 Å². The van der Waals surface area contributed by atoms with Gasteiger partial charge in [0.1, 0.15) is 11.6 Å². The van der Waals surface area contributed by atoms with Crippen molar-refractivity contribution in [1.29, 1.82) is 0 Å². The second-order valence-electron chi connectivity index (χ2n) is 4.64. The highest BCUT2D eigenvalue weighted by Crippen LogP contribution is 2.21. The largest absolute Gasteiger partial charge is 0.480 e. The van der Waals surface area contributed by atoms with Gasteiger partial charge in [-0.25, -0.2) is 4.79 Å². The van der Waals surface area contributed by atoms with Gasteiger partial charge in [-0.05, 0) is 26.5 Å². The second-order valence-corrected chi connectivity index (χ2v) is 5.43. The first-order chi connectivity index (χ1) is 9.81. The number of rotatable bonds is 6. The summed E-state index contributed by atoms with van der Waals surface area (Å²) in [6, 6.07) is -0.227. The van der Waals surface area contributed by atoms with E-state index in [1.807, 2.05) is 6.92 Å². The standard InChI is InChI=1S/C13H19N3O4S/c1-5-7(2)16(6-9(17)18)12(19)10-8(3)14-13(20)15-11(10)21-4/h7H,5-6H2,1-4H3,(H,17,18)(H,14,15,20). The molecule has 1 unspecified atom stereocenters. The van der Waals surface area contributed by atoms with Crippen LogP contribution < -0.4 is 5.69 Å². The highest BCUT2D eigenvalue weighted by Gasteiger charge is 2.27. The molecule has 8 heteroatoms. The number of aromatic amines is 1. The van der Waals surface area contributed by atoms with Gasteiger partial charge in [-0.2, -0.15) is 4.98 Å². The van der Waals surface area contributed by atoms with E-state index in [-0.39, 0.29) is 18.2 Å². The van der Waals surface area contributed by atoms with Gasteiger partial charge in [-0.15, -0.1) is 11.8 Å². The Kier molecular flexibility index (Phi) is 5.95. The van der Waals surface area contributed by atoms with Crippen molar-refractivity contribution in [3.63, 3.8) is 0 Å². The zero-order valence-electron chi connectivity index (χ0n) is 12.5. The normalized spacial score (nSPS) is 12.0. The molecule has 0 bridgehead atoms. The van der Waals surface area contributed by atoms with Crippen LogP contribution in [-0.2, 0) is 4.79 Å². The molecule has 0 spiro atoms. The molecule has 0 radical (unpaired) electrons. The first kappa shape index (κ1) is 17.2. The summed E-state index contributed by atoms with van der Waals surface area (Å²) >= 11 is 1.18. The molecule has 0 aliphatic rings. The van der Waals surface area contributed by atoms with Gasteiger partial charge in [0.15, 0.2) is 0 Å². The van der Waals surface area contributed by atoms with Crippen LogP contribution in [0.25, 0.3) is 0 Å². The summed E-state index contributed by atoms with van der Waals surface area (Å²) in [6.07, 6.45) is 2.34. The number of H-pyrrole nitrogens is 1. The fraction of sp³-hybridized carbons (Fsp3) is 0.538. The Morgan fingerprint density at radius 2 is 2.10 bits per heavy atom. The predicted molar refractivity (Wildman–Crippen MR) is 79.8 cm³/mol. The van der Waals surface area contributed by atoms with Crippen molar-refractivity contribution >= 4 is 23.6 Å². The molecule has 1 rings (SSSR count). The number of hydrogen-bond acceptors (Lipinski definition) is 5. The van der Waals surface area contributed by atoms with Gasteiger partial charge in [0.2, 0.25) is 0 Å². The van der Waals surface area contributed by atoms with Gasteiger partial charge < -0.3 is 15.0 Å². The van der Waals surface area contributed by atoms with Crippen LogP contribution in [0.4, 0.5) is 0 Å². The number of carboxylic acid groups (broad SMARTS) is 1. The Labute approximate surface area is 126 Å². The quantitative estimate of drug-likeness (QED) is 0.602. The zero-order valence-corrected chi connectivity index (χ0v) is 13.3. The number of thioether (sulfide) groups is 1. The van der Waals surface area contributed by atoms with Crippen LogP contribution in [0.2, 0.25) is 0 Å². The molecule has 0 aliphatic heterocycles. The number of carboxylic acids is 1. The minimum atomic E-state index is -1.08. The summed E-state index contributed by atoms with van der Waals surface area (Å²) in [5, 5.41) is 9.30. The van der Waals surface area contributed by atoms with Crippen LogP contribution in [0.5, 0.6) is 0 Å². The lowest BCUT2D eigenvalue weighted by Gasteiger charge is -2.27. The second kappa shape index (κ2) is 7.26. The molecule has 1 aromatic rings. The molecular formula is C13H19N3O4S. The van der Waals surface area contributed by atoms with Gasteiger partial charge in [0.05, 0.1) is 5.56 Å². The van der Waals surface area contributed by atoms with Crippen LogP contribution in [0, 0.1) is 6.92 Å². The fourth-order valence-electron chi connectivity index (χ4n) is 1.90. The van der Waals surface area contributed by atoms with E-state index >= 15 is 0 Å². The molecule has 0 aromatic carbocycles. The number of carbonyl (C=O) groups excluding carboxylic acids is 1. The average molecular weight is 313 g/mol. The summed E-state index contributed by atoms with van der Waals surface area (Å²) in [4.78, 5) is 42.6. The lowest BCUT2D eigenvalue weighted by atomic mass is 10.1. The van der Waals surface area contributed by atoms with Crippen molar-refractivity contribution in [3.05, 3.63) is 21.7 Å². The molecule has 1 amide bonds. The monoisotopic (exact) mass is 313 g/mol. The van der Waals surface area contributed by atoms with Gasteiger partial charge >= 0.3 is 11.7 Å². The molecule has 0 saturated heterocycles. The van der Waals surface area contributed by atoms with E-state index in [0.717, 1.165) is 0 Å². The molecular weight excluding hydrogens is 294 g/mol. The van der Waals surface area contributed by atoms with E-state index < -0.39 is 17.6 Å². The third kappa shape index (κ3) is 4.07. The minimum Gasteiger partial charge on any atom is -0.480 e. The predicted octanol–water partition coefficient (Wildman–Crippen LogP) is 1.13. The smallest absolute Gasteiger partial charge is 0.346 e. The summed E-state index contributed by atoms with van der Waals surface area (Å²) in [6.45, 7) is 4.88. The van der Waals surface area contributed by atoms with E-state index in [1.54, 1.807) is 20.1 Å². The molecule has 1 aromatic heterocycles. The van der Waals surface area contributed by atoms with E-state index in [0.29, 0.717) is 17.1 Å². The first-order valence-corrected chi connectivity index (χ1v) is 7.71. The highest BCUT2D eigenvalue weighted by atomic mass is 32.2. The Morgan fingerprint density at radius 1 is 1.48 bits per heavy atom. The maximum atomic E-state index is 12.7. The average Bonchev–Trinajstić information content (AvgIpc) is 2.42. The summed E-state index contributed by atoms with van der Waals surface area (Å²) < 4.78 is 0. The Morgan fingerprint density at radius 3 is 2.57 bits per heavy atom. The van der Waals surface area contributed by atoms with Crippen molar-refractivity contribution in [2.24, 2.45) is 0 Å². The summed E-state index contributed by atoms with van der Waals surface area (Å²) in [5.74, 6) is -1.51. The number of carbonyl (C=O) groups is 2. The van der Waals surface area contributed by atoms with Crippen molar-refractivity contribution in [2.75, 3.05) is 12.8 Å². The lowest BCUT2D eigenvalue weighted by Crippen LogP contribution is -2.42. The SMILES string of the molecule is CCC(C)N(CC(=O)O)C(=O)c1c(SC)nc(=O)[nH]c1C. The maximum absolute atomic E-state index is 12.7. The zero-order chi connectivity index (χ0) is 16.2. The minimum absolute atomic E-state index is 0.227. The van der Waals surface area contributed by atoms with E-state index in [4.69, 9.17) is 5.11 Å². The van der Waals surface area contributed by atoms with Crippen molar-refractivity contribution in [1.82, 2.24) is 14.9 Å². The molecule has 0 aliphatic carbocycles. The van der Waals surface area contributed by atoms with Gasteiger partial charge in [0.25, 0.3) is 5.91 Å². The fourth-order valence-corrected chi connectivity index (χ4v) is 2.52. The molecule has 2 N–H and O–H groups in total. The molecule has 0 saturated carbocycles. The Bertz CT molecular complexity index is 600. The number of aryl methyl sites for hydroxylation is 1. The molecule has 21 heavy (non-hydrogen) atoms. The first-order valence-electron chi connectivity index (χ1n) is 6.49. The molecule has 1 heterocycles. The number of nitrogens with zero attached hydrogens (tertiary/aromatic N) is 2. The highest BCUT2D eigenvalue weighted by molar-refractivity contribution is 7.98. The Hall–Kier alpha value is -1.83. The van der Waals surface area contributed by atoms with Crippen molar-refractivity contribution < 1.29 is 14.7 Å². The molecule has 7 nitrogen and oxygen atoms in total. The van der Waals surface area contributed by atoms with Crippen LogP contribution >= 0.6 is 11.8 Å². The van der Waals surface area contributed by atoms with Crippen molar-refractivity contribution in [3.8, 4) is 0 Å². The number of aliphatic carboxylic acids is 1. The molecule has 1 atom stereocenters. The van der Waals surface area contributed by atoms with Crippen LogP contribution in [0.15, 0.2) is 9.82 Å². The van der Waals surface area contributed by atoms with Gasteiger partial charge in [-0.1, -0.05) is 6.92 Å².